The average Bonchev–Trinajstić information content (AvgIpc) is 2.74. The van der Waals surface area contributed by atoms with Crippen LogP contribution in [0.2, 0.25) is 0 Å². The number of nitrogens with zero attached hydrogens (tertiary/aromatic N) is 1. The lowest BCUT2D eigenvalue weighted by Gasteiger charge is -2.35. The summed E-state index contributed by atoms with van der Waals surface area (Å²) in [4.78, 5) is 37.3. The summed E-state index contributed by atoms with van der Waals surface area (Å²) in [5, 5.41) is 15.4. The number of carbonyl (C=O) groups is 3. The molecule has 1 aliphatic heterocycles. The van der Waals surface area contributed by atoms with Crippen LogP contribution in [0.15, 0.2) is 47.7 Å². The Morgan fingerprint density at radius 3 is 2.50 bits per heavy atom. The fourth-order valence-corrected chi connectivity index (χ4v) is 3.61. The monoisotopic (exact) mass is 411 g/mol. The zero-order valence-corrected chi connectivity index (χ0v) is 17.1. The van der Waals surface area contributed by atoms with E-state index in [1.54, 1.807) is 14.0 Å². The predicted octanol–water partition coefficient (Wildman–Crippen LogP) is 1.89. The molecule has 2 amide bonds. The van der Waals surface area contributed by atoms with E-state index in [9.17, 15) is 19.5 Å². The van der Waals surface area contributed by atoms with Crippen LogP contribution in [0.25, 0.3) is 10.8 Å². The Bertz CT molecular complexity index is 1030. The highest BCUT2D eigenvalue weighted by molar-refractivity contribution is 5.95. The summed E-state index contributed by atoms with van der Waals surface area (Å²) in [7, 11) is 2.88. The fourth-order valence-electron chi connectivity index (χ4n) is 3.61. The summed E-state index contributed by atoms with van der Waals surface area (Å²) in [6, 6.07) is 10.2. The van der Waals surface area contributed by atoms with Crippen molar-refractivity contribution in [3.05, 3.63) is 53.2 Å². The molecule has 8 heteroatoms. The van der Waals surface area contributed by atoms with Gasteiger partial charge in [-0.1, -0.05) is 18.2 Å². The maximum atomic E-state index is 12.7. The molecule has 158 valence electrons. The van der Waals surface area contributed by atoms with Crippen LogP contribution in [0.1, 0.15) is 31.4 Å². The molecule has 0 aromatic heterocycles. The molecular weight excluding hydrogens is 388 g/mol. The van der Waals surface area contributed by atoms with Gasteiger partial charge in [0, 0.05) is 18.2 Å². The van der Waals surface area contributed by atoms with Crippen LogP contribution < -0.4 is 15.2 Å². The number of urea groups is 1. The number of aliphatic carboxylic acids is 1. The molecule has 0 spiro atoms. The van der Waals surface area contributed by atoms with E-state index in [1.165, 1.54) is 12.0 Å². The zero-order chi connectivity index (χ0) is 21.8. The molecule has 30 heavy (non-hydrogen) atoms. The van der Waals surface area contributed by atoms with Crippen LogP contribution in [-0.2, 0) is 14.3 Å². The molecule has 0 radical (unpaired) electrons. The van der Waals surface area contributed by atoms with Crippen molar-refractivity contribution in [3.8, 4) is 5.75 Å². The number of nitrogens with one attached hydrogen (secondary N) is 1. The highest BCUT2D eigenvalue weighted by Gasteiger charge is 2.36. The smallest absolute Gasteiger partial charge is 0.337 e. The number of hydrogen-bond acceptors (Lipinski definition) is 6. The SMILES string of the molecule is COC(=O)C1=C(C)N(CCCC(=O)[O-])C(=O)N[C@H]1c1ccc2cc(OC)ccc2c1. The van der Waals surface area contributed by atoms with E-state index in [0.29, 0.717) is 11.3 Å². The standard InChI is InChI=1S/C22H24N2O6/c1-13-19(21(27)30-3)20(23-22(28)24(13)10-4-5-18(25)26)16-7-6-15-12-17(29-2)9-8-14(15)11-16/h6-9,11-12,20H,4-5,10H2,1-3H3,(H,23,28)(H,25,26)/p-1/t20-/m0/s1. The van der Waals surface area contributed by atoms with E-state index in [-0.39, 0.29) is 19.4 Å². The zero-order valence-electron chi connectivity index (χ0n) is 17.1. The number of esters is 1. The number of carboxylic acids is 1. The topological polar surface area (TPSA) is 108 Å². The van der Waals surface area contributed by atoms with E-state index in [4.69, 9.17) is 9.47 Å². The number of methoxy groups -OCH3 is 2. The maximum Gasteiger partial charge on any atom is 0.337 e. The summed E-state index contributed by atoms with van der Waals surface area (Å²) in [5.41, 5.74) is 1.47. The van der Waals surface area contributed by atoms with Gasteiger partial charge in [-0.25, -0.2) is 9.59 Å². The number of allylic oxidation sites excluding steroid dienone is 1. The molecule has 0 saturated heterocycles. The minimum Gasteiger partial charge on any atom is -0.550 e. The summed E-state index contributed by atoms with van der Waals surface area (Å²) in [6.45, 7) is 1.80. The van der Waals surface area contributed by atoms with Gasteiger partial charge in [-0.3, -0.25) is 4.90 Å². The second-order valence-corrected chi connectivity index (χ2v) is 6.97. The molecular formula is C22H23N2O6-. The van der Waals surface area contributed by atoms with Crippen molar-refractivity contribution < 1.29 is 29.0 Å². The molecule has 1 N–H and O–H groups in total. The summed E-state index contributed by atoms with van der Waals surface area (Å²) in [6.07, 6.45) is 0.0339. The quantitative estimate of drug-likeness (QED) is 0.697. The Labute approximate surface area is 174 Å². The molecule has 1 aliphatic rings. The van der Waals surface area contributed by atoms with Gasteiger partial charge in [0.05, 0.1) is 25.8 Å². The third-order valence-corrected chi connectivity index (χ3v) is 5.17. The van der Waals surface area contributed by atoms with Crippen molar-refractivity contribution in [1.29, 1.82) is 0 Å². The third kappa shape index (κ3) is 4.22. The minimum atomic E-state index is -1.19. The lowest BCUT2D eigenvalue weighted by molar-refractivity contribution is -0.305. The Hall–Kier alpha value is -3.55. The fraction of sp³-hybridized carbons (Fsp3) is 0.318. The van der Waals surface area contributed by atoms with Crippen LogP contribution in [0.3, 0.4) is 0 Å². The number of hydrogen-bond donors (Lipinski definition) is 1. The van der Waals surface area contributed by atoms with Crippen LogP contribution in [0, 0.1) is 0 Å². The van der Waals surface area contributed by atoms with Crippen molar-refractivity contribution in [3.63, 3.8) is 0 Å². The van der Waals surface area contributed by atoms with E-state index >= 15 is 0 Å². The second kappa shape index (κ2) is 8.86. The molecule has 1 heterocycles. The number of ether oxygens (including phenoxy) is 2. The Kier molecular flexibility index (Phi) is 6.25. The second-order valence-electron chi connectivity index (χ2n) is 6.97. The number of benzene rings is 2. The molecule has 0 saturated carbocycles. The number of fused-ring (bicyclic) bond motifs is 1. The van der Waals surface area contributed by atoms with Crippen LogP contribution in [0.5, 0.6) is 5.75 Å². The van der Waals surface area contributed by atoms with E-state index in [1.807, 2.05) is 36.4 Å². The predicted molar refractivity (Wildman–Crippen MR) is 107 cm³/mol. The first-order valence-electron chi connectivity index (χ1n) is 9.50. The Morgan fingerprint density at radius 2 is 1.83 bits per heavy atom. The van der Waals surface area contributed by atoms with Crippen LogP contribution in [0.4, 0.5) is 4.79 Å². The van der Waals surface area contributed by atoms with Gasteiger partial charge in [0.2, 0.25) is 0 Å². The molecule has 1 atom stereocenters. The van der Waals surface area contributed by atoms with E-state index < -0.39 is 24.0 Å². The van der Waals surface area contributed by atoms with E-state index in [0.717, 1.165) is 22.1 Å². The Morgan fingerprint density at radius 1 is 1.13 bits per heavy atom. The summed E-state index contributed by atoms with van der Waals surface area (Å²) < 4.78 is 10.2. The lowest BCUT2D eigenvalue weighted by atomic mass is 9.93. The number of rotatable bonds is 7. The lowest BCUT2D eigenvalue weighted by Crippen LogP contribution is -2.48. The number of carboxylic acid groups (broad SMARTS) is 1. The average molecular weight is 411 g/mol. The van der Waals surface area contributed by atoms with Crippen LogP contribution in [-0.4, -0.2) is 43.6 Å². The Balaban J connectivity index is 1.99. The van der Waals surface area contributed by atoms with Crippen molar-refractivity contribution in [2.75, 3.05) is 20.8 Å². The molecule has 0 unspecified atom stereocenters. The molecule has 0 fully saturated rings. The first kappa shape index (κ1) is 21.2. The van der Waals surface area contributed by atoms with Crippen molar-refractivity contribution in [2.24, 2.45) is 0 Å². The van der Waals surface area contributed by atoms with Gasteiger partial charge in [0.1, 0.15) is 5.75 Å². The van der Waals surface area contributed by atoms with Crippen molar-refractivity contribution >= 4 is 28.7 Å². The maximum absolute atomic E-state index is 12.7. The van der Waals surface area contributed by atoms with Gasteiger partial charge in [-0.2, -0.15) is 0 Å². The molecule has 0 aliphatic carbocycles. The minimum absolute atomic E-state index is 0.149. The molecule has 0 bridgehead atoms. The highest BCUT2D eigenvalue weighted by atomic mass is 16.5. The molecule has 8 nitrogen and oxygen atoms in total. The van der Waals surface area contributed by atoms with Crippen molar-refractivity contribution in [1.82, 2.24) is 10.2 Å². The van der Waals surface area contributed by atoms with Gasteiger partial charge < -0.3 is 24.7 Å². The van der Waals surface area contributed by atoms with Gasteiger partial charge in [0.15, 0.2) is 0 Å². The van der Waals surface area contributed by atoms with Gasteiger partial charge in [-0.05, 0) is 54.3 Å². The summed E-state index contributed by atoms with van der Waals surface area (Å²) >= 11 is 0. The molecule has 3 rings (SSSR count). The van der Waals surface area contributed by atoms with Gasteiger partial charge in [0.25, 0.3) is 0 Å². The van der Waals surface area contributed by atoms with E-state index in [2.05, 4.69) is 5.32 Å². The number of amides is 2. The molecule has 2 aromatic carbocycles. The largest absolute Gasteiger partial charge is 0.550 e. The first-order chi connectivity index (χ1) is 14.3. The van der Waals surface area contributed by atoms with Gasteiger partial charge in [-0.15, -0.1) is 0 Å². The highest BCUT2D eigenvalue weighted by Crippen LogP contribution is 2.33. The van der Waals surface area contributed by atoms with Crippen molar-refractivity contribution in [2.45, 2.75) is 25.8 Å². The summed E-state index contributed by atoms with van der Waals surface area (Å²) in [5.74, 6) is -1.01. The number of carbonyl (C=O) groups excluding carboxylic acids is 3. The molecule has 2 aromatic rings. The van der Waals surface area contributed by atoms with Gasteiger partial charge >= 0.3 is 12.0 Å². The first-order valence-corrected chi connectivity index (χ1v) is 9.50. The van der Waals surface area contributed by atoms with Crippen LogP contribution >= 0.6 is 0 Å². The normalized spacial score (nSPS) is 16.4. The third-order valence-electron chi connectivity index (χ3n) is 5.17.